The summed E-state index contributed by atoms with van der Waals surface area (Å²) in [5.74, 6) is 0.576. The molecule has 1 amide bonds. The highest BCUT2D eigenvalue weighted by Crippen LogP contribution is 2.32. The third-order valence-corrected chi connectivity index (χ3v) is 4.94. The number of carbonyl (C=O) groups excluding carboxylic acids is 1. The van der Waals surface area contributed by atoms with Crippen molar-refractivity contribution in [2.24, 2.45) is 11.5 Å². The third-order valence-electron chi connectivity index (χ3n) is 3.77. The van der Waals surface area contributed by atoms with Crippen LogP contribution >= 0.6 is 11.3 Å². The van der Waals surface area contributed by atoms with Gasteiger partial charge in [-0.25, -0.2) is 4.98 Å². The van der Waals surface area contributed by atoms with Crippen molar-refractivity contribution < 1.29 is 4.79 Å². The predicted octanol–water partition coefficient (Wildman–Crippen LogP) is 0.476. The summed E-state index contributed by atoms with van der Waals surface area (Å²) < 4.78 is 1.04. The van der Waals surface area contributed by atoms with Gasteiger partial charge in [0, 0.05) is 45.5 Å². The maximum Gasteiger partial charge on any atom is 0.258 e. The van der Waals surface area contributed by atoms with Gasteiger partial charge >= 0.3 is 0 Å². The molecule has 0 aromatic carbocycles. The molecule has 3 heterocycles. The van der Waals surface area contributed by atoms with Crippen LogP contribution in [0.5, 0.6) is 0 Å². The number of piperazine rings is 1. The van der Waals surface area contributed by atoms with Gasteiger partial charge in [-0.2, -0.15) is 0 Å². The SMILES string of the molecule is NCCN1CCN(c2nccc3cc(C(N)=O)sc23)CC1. The Labute approximate surface area is 127 Å². The van der Waals surface area contributed by atoms with E-state index in [0.29, 0.717) is 11.4 Å². The van der Waals surface area contributed by atoms with Gasteiger partial charge in [0.05, 0.1) is 9.58 Å². The van der Waals surface area contributed by atoms with Gasteiger partial charge in [-0.15, -0.1) is 11.3 Å². The summed E-state index contributed by atoms with van der Waals surface area (Å²) in [4.78, 5) is 21.1. The van der Waals surface area contributed by atoms with Crippen LogP contribution < -0.4 is 16.4 Å². The lowest BCUT2D eigenvalue weighted by atomic mass is 10.2. The molecule has 4 N–H and O–H groups in total. The Morgan fingerprint density at radius 2 is 2.10 bits per heavy atom. The molecular formula is C14H19N5OS. The standard InChI is InChI=1S/C14H19N5OS/c15-2-4-18-5-7-19(8-6-18)14-12-10(1-3-17-14)9-11(21-12)13(16)20/h1,3,9H,2,4-8,15H2,(H2,16,20). The van der Waals surface area contributed by atoms with Gasteiger partial charge in [-0.3, -0.25) is 9.69 Å². The molecule has 6 nitrogen and oxygen atoms in total. The smallest absolute Gasteiger partial charge is 0.258 e. The number of primary amides is 1. The lowest BCUT2D eigenvalue weighted by Crippen LogP contribution is -2.48. The highest BCUT2D eigenvalue weighted by atomic mass is 32.1. The largest absolute Gasteiger partial charge is 0.365 e. The summed E-state index contributed by atoms with van der Waals surface area (Å²) >= 11 is 1.42. The van der Waals surface area contributed by atoms with Crippen LogP contribution in [0.4, 0.5) is 5.82 Å². The molecule has 0 saturated carbocycles. The summed E-state index contributed by atoms with van der Waals surface area (Å²) in [7, 11) is 0. The zero-order valence-electron chi connectivity index (χ0n) is 11.8. The first-order valence-electron chi connectivity index (χ1n) is 7.05. The zero-order chi connectivity index (χ0) is 14.8. The van der Waals surface area contributed by atoms with Gasteiger partial charge in [0.15, 0.2) is 0 Å². The van der Waals surface area contributed by atoms with Gasteiger partial charge in [-0.1, -0.05) is 0 Å². The molecule has 0 radical (unpaired) electrons. The minimum Gasteiger partial charge on any atom is -0.365 e. The monoisotopic (exact) mass is 305 g/mol. The molecule has 3 rings (SSSR count). The Kier molecular flexibility index (Phi) is 4.05. The van der Waals surface area contributed by atoms with Crippen LogP contribution in [-0.2, 0) is 0 Å². The summed E-state index contributed by atoms with van der Waals surface area (Å²) in [5, 5.41) is 1.03. The average Bonchev–Trinajstić information content (AvgIpc) is 2.93. The number of carbonyl (C=O) groups is 1. The van der Waals surface area contributed by atoms with E-state index in [1.54, 1.807) is 6.20 Å². The van der Waals surface area contributed by atoms with Crippen molar-refractivity contribution in [2.75, 3.05) is 44.2 Å². The first kappa shape index (κ1) is 14.2. The first-order valence-corrected chi connectivity index (χ1v) is 7.86. The van der Waals surface area contributed by atoms with Crippen molar-refractivity contribution in [3.63, 3.8) is 0 Å². The quantitative estimate of drug-likeness (QED) is 0.857. The number of hydrogen-bond acceptors (Lipinski definition) is 6. The Morgan fingerprint density at radius 1 is 1.33 bits per heavy atom. The average molecular weight is 305 g/mol. The molecule has 1 aliphatic rings. The number of nitrogens with two attached hydrogens (primary N) is 2. The lowest BCUT2D eigenvalue weighted by molar-refractivity contribution is 0.100. The second-order valence-corrected chi connectivity index (χ2v) is 6.20. The summed E-state index contributed by atoms with van der Waals surface area (Å²) in [6.07, 6.45) is 1.79. The van der Waals surface area contributed by atoms with Crippen LogP contribution in [-0.4, -0.2) is 55.1 Å². The molecular weight excluding hydrogens is 286 g/mol. The number of pyridine rings is 1. The van der Waals surface area contributed by atoms with Crippen molar-refractivity contribution in [3.8, 4) is 0 Å². The van der Waals surface area contributed by atoms with Gasteiger partial charge in [-0.05, 0) is 17.5 Å². The molecule has 0 aliphatic carbocycles. The highest BCUT2D eigenvalue weighted by molar-refractivity contribution is 7.21. The number of hydrogen-bond donors (Lipinski definition) is 2. The number of rotatable bonds is 4. The zero-order valence-corrected chi connectivity index (χ0v) is 12.6. The Morgan fingerprint density at radius 3 is 2.76 bits per heavy atom. The molecule has 0 atom stereocenters. The van der Waals surface area contributed by atoms with E-state index < -0.39 is 0 Å². The topological polar surface area (TPSA) is 88.5 Å². The van der Waals surface area contributed by atoms with E-state index in [4.69, 9.17) is 11.5 Å². The number of anilines is 1. The van der Waals surface area contributed by atoms with E-state index in [2.05, 4.69) is 14.8 Å². The number of thiophene rings is 1. The van der Waals surface area contributed by atoms with Crippen LogP contribution in [0.15, 0.2) is 18.3 Å². The second-order valence-electron chi connectivity index (χ2n) is 5.15. The third kappa shape index (κ3) is 2.85. The molecule has 1 saturated heterocycles. The minimum atomic E-state index is -0.380. The summed E-state index contributed by atoms with van der Waals surface area (Å²) in [5.41, 5.74) is 11.0. The summed E-state index contributed by atoms with van der Waals surface area (Å²) in [6.45, 7) is 5.47. The van der Waals surface area contributed by atoms with Crippen molar-refractivity contribution in [1.82, 2.24) is 9.88 Å². The predicted molar refractivity (Wildman–Crippen MR) is 85.8 cm³/mol. The molecule has 2 aromatic heterocycles. The van der Waals surface area contributed by atoms with E-state index in [1.165, 1.54) is 11.3 Å². The molecule has 1 fully saturated rings. The molecule has 0 spiro atoms. The maximum atomic E-state index is 11.4. The number of fused-ring (bicyclic) bond motifs is 1. The normalized spacial score (nSPS) is 16.5. The van der Waals surface area contributed by atoms with E-state index in [0.717, 1.165) is 48.6 Å². The molecule has 21 heavy (non-hydrogen) atoms. The van der Waals surface area contributed by atoms with E-state index >= 15 is 0 Å². The van der Waals surface area contributed by atoms with Crippen molar-refractivity contribution in [1.29, 1.82) is 0 Å². The van der Waals surface area contributed by atoms with Crippen LogP contribution in [0.2, 0.25) is 0 Å². The van der Waals surface area contributed by atoms with E-state index in [1.807, 2.05) is 12.1 Å². The maximum absolute atomic E-state index is 11.4. The number of nitrogens with zero attached hydrogens (tertiary/aromatic N) is 3. The van der Waals surface area contributed by atoms with Gasteiger partial charge in [0.25, 0.3) is 5.91 Å². The molecule has 7 heteroatoms. The van der Waals surface area contributed by atoms with E-state index in [9.17, 15) is 4.79 Å². The molecule has 2 aromatic rings. The highest BCUT2D eigenvalue weighted by Gasteiger charge is 2.20. The molecule has 0 bridgehead atoms. The molecule has 1 aliphatic heterocycles. The molecule has 0 unspecified atom stereocenters. The van der Waals surface area contributed by atoms with Crippen LogP contribution in [0.3, 0.4) is 0 Å². The Balaban J connectivity index is 1.85. The first-order chi connectivity index (χ1) is 10.2. The van der Waals surface area contributed by atoms with Crippen LogP contribution in [0, 0.1) is 0 Å². The minimum absolute atomic E-state index is 0.380. The second kappa shape index (κ2) is 5.97. The number of aromatic nitrogens is 1. The lowest BCUT2D eigenvalue weighted by Gasteiger charge is -2.35. The Bertz CT molecular complexity index is 648. The molecule has 112 valence electrons. The van der Waals surface area contributed by atoms with Crippen molar-refractivity contribution >= 4 is 33.1 Å². The van der Waals surface area contributed by atoms with Crippen molar-refractivity contribution in [2.45, 2.75) is 0 Å². The number of amides is 1. The van der Waals surface area contributed by atoms with Crippen LogP contribution in [0.25, 0.3) is 10.1 Å². The Hall–Kier alpha value is -1.70. The fourth-order valence-electron chi connectivity index (χ4n) is 2.66. The van der Waals surface area contributed by atoms with Crippen LogP contribution in [0.1, 0.15) is 9.67 Å². The van der Waals surface area contributed by atoms with Gasteiger partial charge in [0.1, 0.15) is 5.82 Å². The van der Waals surface area contributed by atoms with Gasteiger partial charge in [0.2, 0.25) is 0 Å². The van der Waals surface area contributed by atoms with Gasteiger partial charge < -0.3 is 16.4 Å². The summed E-state index contributed by atoms with van der Waals surface area (Å²) in [6, 6.07) is 3.77. The van der Waals surface area contributed by atoms with E-state index in [-0.39, 0.29) is 5.91 Å². The fourth-order valence-corrected chi connectivity index (χ4v) is 3.69. The fraction of sp³-hybridized carbons (Fsp3) is 0.429. The van der Waals surface area contributed by atoms with Crippen molar-refractivity contribution in [3.05, 3.63) is 23.2 Å².